The van der Waals surface area contributed by atoms with E-state index in [-0.39, 0.29) is 18.6 Å². The number of hydrogen-bond donors (Lipinski definition) is 3. The highest BCUT2D eigenvalue weighted by Gasteiger charge is 2.25. The minimum Gasteiger partial charge on any atom is -0.396 e. The minimum absolute atomic E-state index is 0.101. The van der Waals surface area contributed by atoms with Gasteiger partial charge in [0.1, 0.15) is 6.04 Å². The molecule has 1 aliphatic heterocycles. The zero-order valence-electron chi connectivity index (χ0n) is 16.5. The topological polar surface area (TPSA) is 92.1 Å². The van der Waals surface area contributed by atoms with Gasteiger partial charge in [-0.25, -0.2) is 4.68 Å². The molecule has 0 spiro atoms. The van der Waals surface area contributed by atoms with Crippen molar-refractivity contribution in [2.75, 3.05) is 17.2 Å². The second kappa shape index (κ2) is 8.81. The Hall–Kier alpha value is -2.97. The highest BCUT2D eigenvalue weighted by atomic mass is 79.9. The van der Waals surface area contributed by atoms with Crippen LogP contribution in [0.3, 0.4) is 0 Å². The van der Waals surface area contributed by atoms with Crippen molar-refractivity contribution < 1.29 is 9.90 Å². The number of aromatic nitrogens is 3. The number of aliphatic hydroxyl groups excluding tert-OH is 1. The number of allylic oxidation sites excluding steroid dienone is 1. The van der Waals surface area contributed by atoms with Crippen LogP contribution in [-0.4, -0.2) is 32.4 Å². The number of fused-ring (bicyclic) bond motifs is 1. The van der Waals surface area contributed by atoms with Gasteiger partial charge in [-0.3, -0.25) is 4.79 Å². The summed E-state index contributed by atoms with van der Waals surface area (Å²) in [7, 11) is 0. The Morgan fingerprint density at radius 1 is 1.27 bits per heavy atom. The molecule has 0 aliphatic carbocycles. The van der Waals surface area contributed by atoms with Crippen molar-refractivity contribution in [2.24, 2.45) is 0 Å². The molecule has 0 bridgehead atoms. The lowest BCUT2D eigenvalue weighted by Gasteiger charge is -2.24. The molecule has 0 saturated heterocycles. The van der Waals surface area contributed by atoms with E-state index < -0.39 is 0 Å². The van der Waals surface area contributed by atoms with Crippen LogP contribution in [0.1, 0.15) is 36.3 Å². The number of rotatable bonds is 6. The third-order valence-corrected chi connectivity index (χ3v) is 5.27. The lowest BCUT2D eigenvalue weighted by Crippen LogP contribution is -2.20. The largest absolute Gasteiger partial charge is 0.396 e. The number of amides is 1. The van der Waals surface area contributed by atoms with E-state index in [4.69, 9.17) is 5.11 Å². The number of carbonyl (C=O) groups is 1. The van der Waals surface area contributed by atoms with Crippen LogP contribution < -0.4 is 10.6 Å². The molecular formula is C22H22BrN5O2. The van der Waals surface area contributed by atoms with Crippen molar-refractivity contribution in [1.29, 1.82) is 0 Å². The lowest BCUT2D eigenvalue weighted by molar-refractivity contribution is -0.114. The van der Waals surface area contributed by atoms with E-state index in [1.807, 2.05) is 41.1 Å². The molecule has 154 valence electrons. The van der Waals surface area contributed by atoms with Crippen LogP contribution in [0, 0.1) is 0 Å². The number of aliphatic hydroxyl groups is 1. The van der Waals surface area contributed by atoms with Crippen LogP contribution in [0.4, 0.5) is 11.6 Å². The predicted octanol–water partition coefficient (Wildman–Crippen LogP) is 3.98. The summed E-state index contributed by atoms with van der Waals surface area (Å²) in [6.07, 6.45) is 3.35. The van der Waals surface area contributed by atoms with E-state index in [9.17, 15) is 4.79 Å². The molecule has 2 aromatic carbocycles. The molecule has 0 unspecified atom stereocenters. The van der Waals surface area contributed by atoms with E-state index in [0.29, 0.717) is 24.6 Å². The Balaban J connectivity index is 1.71. The highest BCUT2D eigenvalue weighted by Crippen LogP contribution is 2.33. The number of hydrogen-bond acceptors (Lipinski definition) is 5. The van der Waals surface area contributed by atoms with Gasteiger partial charge in [0.25, 0.3) is 0 Å². The van der Waals surface area contributed by atoms with Gasteiger partial charge in [-0.1, -0.05) is 40.2 Å². The van der Waals surface area contributed by atoms with E-state index in [2.05, 4.69) is 54.9 Å². The maximum absolute atomic E-state index is 11.3. The first-order chi connectivity index (χ1) is 14.5. The molecule has 1 atom stereocenters. The fraction of sp³-hybridized carbons (Fsp3) is 0.227. The monoisotopic (exact) mass is 467 g/mol. The molecule has 0 fully saturated rings. The first kappa shape index (κ1) is 20.3. The smallest absolute Gasteiger partial charge is 0.226 e. The Morgan fingerprint density at radius 2 is 2.07 bits per heavy atom. The summed E-state index contributed by atoms with van der Waals surface area (Å²) in [6.45, 7) is 1.60. The first-order valence-electron chi connectivity index (χ1n) is 9.72. The molecule has 0 saturated carbocycles. The van der Waals surface area contributed by atoms with Crippen molar-refractivity contribution in [3.63, 3.8) is 0 Å². The van der Waals surface area contributed by atoms with Gasteiger partial charge in [0.15, 0.2) is 5.82 Å². The van der Waals surface area contributed by atoms with Crippen LogP contribution in [0.15, 0.2) is 59.1 Å². The number of carbonyl (C=O) groups excluding carboxylic acids is 1. The summed E-state index contributed by atoms with van der Waals surface area (Å²) >= 11 is 3.55. The van der Waals surface area contributed by atoms with Gasteiger partial charge in [0, 0.05) is 35.8 Å². The van der Waals surface area contributed by atoms with Crippen molar-refractivity contribution in [2.45, 2.75) is 25.8 Å². The molecular weight excluding hydrogens is 446 g/mol. The summed E-state index contributed by atoms with van der Waals surface area (Å²) in [5.41, 5.74) is 3.73. The third-order valence-electron chi connectivity index (χ3n) is 4.77. The summed E-state index contributed by atoms with van der Waals surface area (Å²) in [5, 5.41) is 20.0. The summed E-state index contributed by atoms with van der Waals surface area (Å²) < 4.78 is 2.87. The zero-order valence-corrected chi connectivity index (χ0v) is 18.1. The van der Waals surface area contributed by atoms with E-state index >= 15 is 0 Å². The number of benzene rings is 2. The number of halogens is 1. The predicted molar refractivity (Wildman–Crippen MR) is 120 cm³/mol. The van der Waals surface area contributed by atoms with Crippen LogP contribution in [0.25, 0.3) is 5.70 Å². The highest BCUT2D eigenvalue weighted by molar-refractivity contribution is 9.10. The Labute approximate surface area is 183 Å². The van der Waals surface area contributed by atoms with Gasteiger partial charge < -0.3 is 15.7 Å². The zero-order chi connectivity index (χ0) is 21.1. The van der Waals surface area contributed by atoms with Crippen molar-refractivity contribution in [3.05, 3.63) is 76.0 Å². The molecule has 1 aromatic heterocycles. The van der Waals surface area contributed by atoms with Gasteiger partial charge in [0.2, 0.25) is 11.9 Å². The summed E-state index contributed by atoms with van der Waals surface area (Å²) in [6, 6.07) is 15.7. The third kappa shape index (κ3) is 4.44. The van der Waals surface area contributed by atoms with Crippen LogP contribution in [0.5, 0.6) is 0 Å². The van der Waals surface area contributed by atoms with Crippen LogP contribution in [0.2, 0.25) is 0 Å². The molecule has 30 heavy (non-hydrogen) atoms. The van der Waals surface area contributed by atoms with Crippen LogP contribution in [-0.2, 0) is 11.2 Å². The van der Waals surface area contributed by atoms with E-state index in [1.54, 1.807) is 0 Å². The molecule has 1 amide bonds. The van der Waals surface area contributed by atoms with Crippen LogP contribution >= 0.6 is 15.9 Å². The maximum Gasteiger partial charge on any atom is 0.226 e. The lowest BCUT2D eigenvalue weighted by atomic mass is 10.0. The Kier molecular flexibility index (Phi) is 5.96. The number of anilines is 2. The fourth-order valence-electron chi connectivity index (χ4n) is 3.41. The first-order valence-corrected chi connectivity index (χ1v) is 10.5. The SMILES string of the molecule is CC(=O)Nc1ccc(C2=C[C@@H](c3cccc(Br)c3)n3nc(CCCO)nc3N2)cc1. The standard InChI is InChI=1S/C22H22BrN5O2/c1-14(30)24-18-9-7-15(8-10-18)19-13-20(16-4-2-5-17(23)12-16)28-22(25-19)26-21(27-28)6-3-11-29/h2,4-5,7-10,12-13,20,29H,3,6,11H2,1H3,(H,24,30)(H,25,26,27)/t20-/m0/s1. The molecule has 4 rings (SSSR count). The van der Waals surface area contributed by atoms with Crippen molar-refractivity contribution in [3.8, 4) is 0 Å². The molecule has 1 aliphatic rings. The average Bonchev–Trinajstić information content (AvgIpc) is 3.14. The van der Waals surface area contributed by atoms with Gasteiger partial charge in [-0.05, 0) is 47.9 Å². The number of nitrogens with zero attached hydrogens (tertiary/aromatic N) is 3. The van der Waals surface area contributed by atoms with E-state index in [0.717, 1.165) is 27.0 Å². The normalized spacial score (nSPS) is 15.2. The van der Waals surface area contributed by atoms with Gasteiger partial charge in [-0.15, -0.1) is 0 Å². The summed E-state index contributed by atoms with van der Waals surface area (Å²) in [5.74, 6) is 1.26. The molecule has 2 heterocycles. The molecule has 8 heteroatoms. The Bertz CT molecular complexity index is 1090. The van der Waals surface area contributed by atoms with E-state index in [1.165, 1.54) is 6.92 Å². The van der Waals surface area contributed by atoms with Gasteiger partial charge in [0.05, 0.1) is 0 Å². The molecule has 0 radical (unpaired) electrons. The molecule has 7 nitrogen and oxygen atoms in total. The average molecular weight is 468 g/mol. The fourth-order valence-corrected chi connectivity index (χ4v) is 3.83. The number of nitrogens with one attached hydrogen (secondary N) is 2. The van der Waals surface area contributed by atoms with Crippen molar-refractivity contribution in [1.82, 2.24) is 14.8 Å². The second-order valence-corrected chi connectivity index (χ2v) is 8.00. The van der Waals surface area contributed by atoms with Crippen molar-refractivity contribution >= 4 is 39.2 Å². The molecule has 3 aromatic rings. The molecule has 3 N–H and O–H groups in total. The number of aryl methyl sites for hydroxylation is 1. The maximum atomic E-state index is 11.3. The minimum atomic E-state index is -0.126. The van der Waals surface area contributed by atoms with Gasteiger partial charge >= 0.3 is 0 Å². The summed E-state index contributed by atoms with van der Waals surface area (Å²) in [4.78, 5) is 15.9. The quantitative estimate of drug-likeness (QED) is 0.509. The Morgan fingerprint density at radius 3 is 2.77 bits per heavy atom. The van der Waals surface area contributed by atoms with Gasteiger partial charge in [-0.2, -0.15) is 10.1 Å². The second-order valence-electron chi connectivity index (χ2n) is 7.09.